The molecule has 21 heavy (non-hydrogen) atoms. The molecule has 0 amide bonds. The van der Waals surface area contributed by atoms with Crippen LogP contribution >= 0.6 is 0 Å². The van der Waals surface area contributed by atoms with E-state index in [9.17, 15) is 0 Å². The molecular formula is C17H24N4. The van der Waals surface area contributed by atoms with Crippen LogP contribution < -0.4 is 10.2 Å². The number of aromatic nitrogens is 2. The molecule has 1 N–H and O–H groups in total. The van der Waals surface area contributed by atoms with Gasteiger partial charge in [-0.25, -0.2) is 4.98 Å². The van der Waals surface area contributed by atoms with Gasteiger partial charge in [0.1, 0.15) is 0 Å². The highest BCUT2D eigenvalue weighted by Crippen LogP contribution is 2.26. The van der Waals surface area contributed by atoms with Crippen LogP contribution in [0, 0.1) is 6.92 Å². The molecule has 1 aliphatic rings. The van der Waals surface area contributed by atoms with E-state index < -0.39 is 0 Å². The van der Waals surface area contributed by atoms with Crippen LogP contribution in [0.1, 0.15) is 25.0 Å². The number of aryl methyl sites for hydroxylation is 1. The summed E-state index contributed by atoms with van der Waals surface area (Å²) in [5.74, 6) is 1.08. The standard InChI is InChI=1S/C17H24N4/c1-14-13-21(15-8-4-3-5-9-15)17(19-14)20-11-7-6-10-16(20)12-18-2/h3-5,8-9,13,16,18H,6-7,10-12H2,1-2H3. The molecule has 0 bridgehead atoms. The topological polar surface area (TPSA) is 33.1 Å². The summed E-state index contributed by atoms with van der Waals surface area (Å²) in [6.45, 7) is 4.18. The van der Waals surface area contributed by atoms with Crippen molar-refractivity contribution in [1.82, 2.24) is 14.9 Å². The summed E-state index contributed by atoms with van der Waals surface area (Å²) in [5, 5.41) is 3.32. The maximum Gasteiger partial charge on any atom is 0.210 e. The Morgan fingerprint density at radius 2 is 2.05 bits per heavy atom. The van der Waals surface area contributed by atoms with Gasteiger partial charge >= 0.3 is 0 Å². The predicted molar refractivity (Wildman–Crippen MR) is 87.2 cm³/mol. The highest BCUT2D eigenvalue weighted by Gasteiger charge is 2.26. The van der Waals surface area contributed by atoms with Gasteiger partial charge in [-0.2, -0.15) is 0 Å². The Bertz CT molecular complexity index is 574. The lowest BCUT2D eigenvalue weighted by atomic mass is 10.0. The molecule has 1 aromatic heterocycles. The Morgan fingerprint density at radius 3 is 2.81 bits per heavy atom. The van der Waals surface area contributed by atoms with E-state index in [4.69, 9.17) is 4.98 Å². The molecular weight excluding hydrogens is 260 g/mol. The van der Waals surface area contributed by atoms with Gasteiger partial charge in [0, 0.05) is 31.0 Å². The lowest BCUT2D eigenvalue weighted by molar-refractivity contribution is 0.439. The molecule has 2 aromatic rings. The molecule has 4 nitrogen and oxygen atoms in total. The molecule has 112 valence electrons. The van der Waals surface area contributed by atoms with Gasteiger partial charge in [0.15, 0.2) is 0 Å². The quantitative estimate of drug-likeness (QED) is 0.937. The fourth-order valence-electron chi connectivity index (χ4n) is 3.18. The van der Waals surface area contributed by atoms with Crippen molar-refractivity contribution in [3.8, 4) is 5.69 Å². The SMILES string of the molecule is CNCC1CCCCN1c1nc(C)cn1-c1ccccc1. The maximum absolute atomic E-state index is 4.80. The summed E-state index contributed by atoms with van der Waals surface area (Å²) in [7, 11) is 2.03. The van der Waals surface area contributed by atoms with Crippen LogP contribution in [0.25, 0.3) is 5.69 Å². The van der Waals surface area contributed by atoms with E-state index in [0.717, 1.165) is 24.7 Å². The van der Waals surface area contributed by atoms with Crippen molar-refractivity contribution >= 4 is 5.95 Å². The number of nitrogens with one attached hydrogen (secondary N) is 1. The smallest absolute Gasteiger partial charge is 0.210 e. The zero-order chi connectivity index (χ0) is 14.7. The summed E-state index contributed by atoms with van der Waals surface area (Å²) in [6, 6.07) is 11.0. The van der Waals surface area contributed by atoms with Crippen molar-refractivity contribution in [3.05, 3.63) is 42.2 Å². The van der Waals surface area contributed by atoms with Crippen LogP contribution in [0.4, 0.5) is 5.95 Å². The maximum atomic E-state index is 4.80. The average Bonchev–Trinajstić information content (AvgIpc) is 2.91. The largest absolute Gasteiger partial charge is 0.338 e. The van der Waals surface area contributed by atoms with Crippen molar-refractivity contribution in [3.63, 3.8) is 0 Å². The molecule has 1 aromatic carbocycles. The summed E-state index contributed by atoms with van der Waals surface area (Å²) < 4.78 is 2.23. The molecule has 0 spiro atoms. The molecule has 1 unspecified atom stereocenters. The number of benzene rings is 1. The normalized spacial score (nSPS) is 19.0. The van der Waals surface area contributed by atoms with Crippen LogP contribution in [0.3, 0.4) is 0 Å². The Balaban J connectivity index is 1.97. The molecule has 1 saturated heterocycles. The van der Waals surface area contributed by atoms with E-state index in [1.165, 1.54) is 24.9 Å². The minimum atomic E-state index is 0.535. The van der Waals surface area contributed by atoms with E-state index in [0.29, 0.717) is 6.04 Å². The first-order valence-electron chi connectivity index (χ1n) is 7.82. The zero-order valence-electron chi connectivity index (χ0n) is 12.9. The van der Waals surface area contributed by atoms with Crippen LogP contribution in [-0.4, -0.2) is 35.7 Å². The van der Waals surface area contributed by atoms with Crippen LogP contribution in [0.2, 0.25) is 0 Å². The van der Waals surface area contributed by atoms with Crippen molar-refractivity contribution in [1.29, 1.82) is 0 Å². The highest BCUT2D eigenvalue weighted by molar-refractivity contribution is 5.46. The van der Waals surface area contributed by atoms with Gasteiger partial charge in [0.05, 0.1) is 5.69 Å². The second kappa shape index (κ2) is 6.31. The first kappa shape index (κ1) is 14.1. The van der Waals surface area contributed by atoms with E-state index in [1.54, 1.807) is 0 Å². The Kier molecular flexibility index (Phi) is 4.25. The molecule has 1 atom stereocenters. The van der Waals surface area contributed by atoms with Crippen molar-refractivity contribution in [2.45, 2.75) is 32.2 Å². The van der Waals surface area contributed by atoms with E-state index in [2.05, 4.69) is 58.2 Å². The van der Waals surface area contributed by atoms with Gasteiger partial charge < -0.3 is 10.2 Å². The second-order valence-electron chi connectivity index (χ2n) is 5.79. The third-order valence-corrected chi connectivity index (χ3v) is 4.17. The number of piperidine rings is 1. The van der Waals surface area contributed by atoms with Gasteiger partial charge in [0.2, 0.25) is 5.95 Å². The minimum Gasteiger partial charge on any atom is -0.338 e. The lowest BCUT2D eigenvalue weighted by Crippen LogP contribution is -2.46. The lowest BCUT2D eigenvalue weighted by Gasteiger charge is -2.36. The third kappa shape index (κ3) is 2.95. The number of hydrogen-bond donors (Lipinski definition) is 1. The van der Waals surface area contributed by atoms with Gasteiger partial charge in [-0.3, -0.25) is 4.57 Å². The molecule has 1 fully saturated rings. The van der Waals surface area contributed by atoms with Crippen LogP contribution in [0.15, 0.2) is 36.5 Å². The Morgan fingerprint density at radius 1 is 1.24 bits per heavy atom. The van der Waals surface area contributed by atoms with Gasteiger partial charge in [-0.05, 0) is 45.4 Å². The molecule has 2 heterocycles. The Labute approximate surface area is 126 Å². The number of hydrogen-bond acceptors (Lipinski definition) is 3. The average molecular weight is 284 g/mol. The zero-order valence-corrected chi connectivity index (χ0v) is 12.9. The minimum absolute atomic E-state index is 0.535. The van der Waals surface area contributed by atoms with Crippen molar-refractivity contribution in [2.24, 2.45) is 0 Å². The summed E-state index contributed by atoms with van der Waals surface area (Å²) >= 11 is 0. The monoisotopic (exact) mass is 284 g/mol. The number of para-hydroxylation sites is 1. The molecule has 0 radical (unpaired) electrons. The fourth-order valence-corrected chi connectivity index (χ4v) is 3.18. The molecule has 3 rings (SSSR count). The fraction of sp³-hybridized carbons (Fsp3) is 0.471. The first-order chi connectivity index (χ1) is 10.3. The van der Waals surface area contributed by atoms with E-state index >= 15 is 0 Å². The summed E-state index contributed by atoms with van der Waals surface area (Å²) in [5.41, 5.74) is 2.25. The second-order valence-corrected chi connectivity index (χ2v) is 5.79. The highest BCUT2D eigenvalue weighted by atomic mass is 15.3. The number of nitrogens with zero attached hydrogens (tertiary/aromatic N) is 3. The molecule has 0 saturated carbocycles. The number of anilines is 1. The summed E-state index contributed by atoms with van der Waals surface area (Å²) in [4.78, 5) is 7.28. The number of imidazole rings is 1. The van der Waals surface area contributed by atoms with E-state index in [1.807, 2.05) is 7.05 Å². The third-order valence-electron chi connectivity index (χ3n) is 4.17. The summed E-state index contributed by atoms with van der Waals surface area (Å²) in [6.07, 6.45) is 5.94. The first-order valence-corrected chi connectivity index (χ1v) is 7.82. The van der Waals surface area contributed by atoms with Crippen LogP contribution in [0.5, 0.6) is 0 Å². The van der Waals surface area contributed by atoms with Gasteiger partial charge in [-0.1, -0.05) is 18.2 Å². The molecule has 1 aliphatic heterocycles. The van der Waals surface area contributed by atoms with Crippen LogP contribution in [-0.2, 0) is 0 Å². The molecule has 4 heteroatoms. The number of rotatable bonds is 4. The van der Waals surface area contributed by atoms with E-state index in [-0.39, 0.29) is 0 Å². The number of likely N-dealkylation sites (N-methyl/N-ethyl adjacent to an activating group) is 1. The Hall–Kier alpha value is -1.81. The van der Waals surface area contributed by atoms with Crippen molar-refractivity contribution < 1.29 is 0 Å². The van der Waals surface area contributed by atoms with Crippen molar-refractivity contribution in [2.75, 3.05) is 25.0 Å². The van der Waals surface area contributed by atoms with Gasteiger partial charge in [0.25, 0.3) is 0 Å². The predicted octanol–water partition coefficient (Wildman–Crippen LogP) is 2.76. The molecule has 0 aliphatic carbocycles. The van der Waals surface area contributed by atoms with Gasteiger partial charge in [-0.15, -0.1) is 0 Å².